The van der Waals surface area contributed by atoms with Crippen LogP contribution in [0.25, 0.3) is 0 Å². The molecule has 1 aromatic heterocycles. The molecule has 1 N–H and O–H groups in total. The van der Waals surface area contributed by atoms with Gasteiger partial charge in [-0.15, -0.1) is 0 Å². The van der Waals surface area contributed by atoms with Crippen molar-refractivity contribution in [2.45, 2.75) is 12.5 Å². The summed E-state index contributed by atoms with van der Waals surface area (Å²) in [6.45, 7) is 5.21. The summed E-state index contributed by atoms with van der Waals surface area (Å²) in [6.07, 6.45) is 1.23. The van der Waals surface area contributed by atoms with Gasteiger partial charge >= 0.3 is 0 Å². The van der Waals surface area contributed by atoms with Crippen molar-refractivity contribution in [1.82, 2.24) is 4.98 Å². The molecule has 52 valence electrons. The Morgan fingerprint density at radius 2 is 2.40 bits per heavy atom. The van der Waals surface area contributed by atoms with Gasteiger partial charge in [-0.1, -0.05) is 6.07 Å². The van der Waals surface area contributed by atoms with E-state index in [2.05, 4.69) is 4.98 Å². The van der Waals surface area contributed by atoms with E-state index in [1.807, 2.05) is 6.07 Å². The number of pyridine rings is 1. The van der Waals surface area contributed by atoms with Crippen LogP contribution in [0.4, 0.5) is 0 Å². The van der Waals surface area contributed by atoms with Gasteiger partial charge in [0.2, 0.25) is 0 Å². The van der Waals surface area contributed by atoms with Crippen molar-refractivity contribution in [2.24, 2.45) is 0 Å². The molecule has 2 nitrogen and oxygen atoms in total. The Morgan fingerprint density at radius 3 is 2.90 bits per heavy atom. The van der Waals surface area contributed by atoms with E-state index in [1.54, 1.807) is 18.3 Å². The number of hydrogen-bond acceptors (Lipinski definition) is 2. The molecule has 1 rings (SSSR count). The van der Waals surface area contributed by atoms with Crippen LogP contribution in [0.3, 0.4) is 0 Å². The molecule has 0 amide bonds. The third-order valence-corrected chi connectivity index (χ3v) is 1.25. The highest BCUT2D eigenvalue weighted by molar-refractivity contribution is 5.06. The lowest BCUT2D eigenvalue weighted by molar-refractivity contribution is 0.176. The summed E-state index contributed by atoms with van der Waals surface area (Å²) in [4.78, 5) is 3.92. The lowest BCUT2D eigenvalue weighted by Gasteiger charge is -2.04. The topological polar surface area (TPSA) is 33.1 Å². The first kappa shape index (κ1) is 7.22. The van der Waals surface area contributed by atoms with E-state index in [1.165, 1.54) is 0 Å². The van der Waals surface area contributed by atoms with Crippen LogP contribution in [0.5, 0.6) is 0 Å². The average molecular weight is 135 g/mol. The molecule has 1 atom stereocenters. The fraction of sp³-hybridized carbons (Fsp3) is 0.250. The summed E-state index contributed by atoms with van der Waals surface area (Å²) in [7, 11) is 0. The van der Waals surface area contributed by atoms with E-state index in [-0.39, 0.29) is 6.42 Å². The maximum Gasteiger partial charge on any atom is 0.0962 e. The van der Waals surface area contributed by atoms with E-state index in [4.69, 9.17) is 12.0 Å². The van der Waals surface area contributed by atoms with Crippen molar-refractivity contribution in [3.05, 3.63) is 37.0 Å². The zero-order valence-corrected chi connectivity index (χ0v) is 5.57. The lowest BCUT2D eigenvalue weighted by atomic mass is 10.2. The van der Waals surface area contributed by atoms with Crippen LogP contribution in [0, 0.1) is 6.92 Å². The Kier molecular flexibility index (Phi) is 2.40. The fourth-order valence-electron chi connectivity index (χ4n) is 0.694. The molecule has 0 aliphatic carbocycles. The molecule has 1 unspecified atom stereocenters. The molecule has 0 saturated carbocycles. The standard InChI is InChI=1S/C8H9NO/c1-2-8(10)7-5-3-4-6-9-7/h1,3-6,8,10H,2H2. The highest BCUT2D eigenvalue weighted by atomic mass is 16.3. The molecule has 0 aliphatic rings. The summed E-state index contributed by atoms with van der Waals surface area (Å²) in [5.74, 6) is 0. The molecule has 0 aliphatic heterocycles. The number of nitrogens with zero attached hydrogens (tertiary/aromatic N) is 1. The number of hydrogen-bond donors (Lipinski definition) is 1. The molecule has 0 aromatic carbocycles. The largest absolute Gasteiger partial charge is 0.387 e. The van der Waals surface area contributed by atoms with E-state index >= 15 is 0 Å². The van der Waals surface area contributed by atoms with E-state index in [0.717, 1.165) is 0 Å². The molecule has 2 heteroatoms. The first-order valence-electron chi connectivity index (χ1n) is 3.13. The van der Waals surface area contributed by atoms with Gasteiger partial charge in [0.25, 0.3) is 0 Å². The summed E-state index contributed by atoms with van der Waals surface area (Å²) >= 11 is 0. The van der Waals surface area contributed by atoms with Gasteiger partial charge in [0.05, 0.1) is 11.8 Å². The van der Waals surface area contributed by atoms with E-state index in [0.29, 0.717) is 5.69 Å². The minimum absolute atomic E-state index is 0.219. The monoisotopic (exact) mass is 135 g/mol. The Balaban J connectivity index is 2.75. The highest BCUT2D eigenvalue weighted by Crippen LogP contribution is 2.10. The molecule has 0 bridgehead atoms. The van der Waals surface area contributed by atoms with Gasteiger partial charge in [0.1, 0.15) is 0 Å². The Hall–Kier alpha value is -0.890. The highest BCUT2D eigenvalue weighted by Gasteiger charge is 2.02. The van der Waals surface area contributed by atoms with Crippen molar-refractivity contribution < 1.29 is 5.11 Å². The molecule has 1 aromatic rings. The fourth-order valence-corrected chi connectivity index (χ4v) is 0.694. The van der Waals surface area contributed by atoms with Crippen LogP contribution in [0.2, 0.25) is 0 Å². The molecule has 10 heavy (non-hydrogen) atoms. The van der Waals surface area contributed by atoms with Crippen molar-refractivity contribution in [1.29, 1.82) is 0 Å². The van der Waals surface area contributed by atoms with E-state index < -0.39 is 6.10 Å². The Labute approximate surface area is 60.5 Å². The normalized spacial score (nSPS) is 13.0. The third-order valence-electron chi connectivity index (χ3n) is 1.25. The van der Waals surface area contributed by atoms with Crippen LogP contribution in [-0.4, -0.2) is 10.1 Å². The number of aromatic nitrogens is 1. The van der Waals surface area contributed by atoms with Crippen molar-refractivity contribution in [3.8, 4) is 0 Å². The SMILES string of the molecule is [CH]CC(O)c1ccccn1. The first-order valence-corrected chi connectivity index (χ1v) is 3.13. The molecule has 2 radical (unpaired) electrons. The Bertz CT molecular complexity index is 186. The quantitative estimate of drug-likeness (QED) is 0.661. The van der Waals surface area contributed by atoms with Crippen molar-refractivity contribution in [3.63, 3.8) is 0 Å². The lowest BCUT2D eigenvalue weighted by Crippen LogP contribution is -1.96. The van der Waals surface area contributed by atoms with Crippen LogP contribution < -0.4 is 0 Å². The van der Waals surface area contributed by atoms with Gasteiger partial charge in [-0.25, -0.2) is 0 Å². The molecular weight excluding hydrogens is 126 g/mol. The summed E-state index contributed by atoms with van der Waals surface area (Å²) in [5.41, 5.74) is 0.630. The van der Waals surface area contributed by atoms with Crippen LogP contribution >= 0.6 is 0 Å². The Morgan fingerprint density at radius 1 is 1.60 bits per heavy atom. The minimum atomic E-state index is -0.624. The predicted molar refractivity (Wildman–Crippen MR) is 38.1 cm³/mol. The molecule has 1 heterocycles. The number of aliphatic hydroxyl groups is 1. The predicted octanol–water partition coefficient (Wildman–Crippen LogP) is 1.22. The second-order valence-electron chi connectivity index (χ2n) is 2.01. The maximum absolute atomic E-state index is 9.14. The van der Waals surface area contributed by atoms with Crippen LogP contribution in [-0.2, 0) is 0 Å². The van der Waals surface area contributed by atoms with Gasteiger partial charge < -0.3 is 5.11 Å². The number of aliphatic hydroxyl groups excluding tert-OH is 1. The zero-order chi connectivity index (χ0) is 7.40. The van der Waals surface area contributed by atoms with Gasteiger partial charge in [0.15, 0.2) is 0 Å². The average Bonchev–Trinajstić information content (AvgIpc) is 2.05. The van der Waals surface area contributed by atoms with Crippen molar-refractivity contribution >= 4 is 0 Å². The van der Waals surface area contributed by atoms with Gasteiger partial charge in [-0.3, -0.25) is 4.98 Å². The number of rotatable bonds is 2. The zero-order valence-electron chi connectivity index (χ0n) is 5.57. The second-order valence-corrected chi connectivity index (χ2v) is 2.01. The summed E-state index contributed by atoms with van der Waals surface area (Å²) in [5, 5.41) is 9.14. The van der Waals surface area contributed by atoms with Crippen LogP contribution in [0.1, 0.15) is 18.2 Å². The van der Waals surface area contributed by atoms with Crippen molar-refractivity contribution in [2.75, 3.05) is 0 Å². The van der Waals surface area contributed by atoms with Gasteiger partial charge in [-0.2, -0.15) is 0 Å². The maximum atomic E-state index is 9.14. The van der Waals surface area contributed by atoms with E-state index in [9.17, 15) is 0 Å². The molecule has 0 fully saturated rings. The van der Waals surface area contributed by atoms with Gasteiger partial charge in [-0.05, 0) is 25.5 Å². The smallest absolute Gasteiger partial charge is 0.0962 e. The summed E-state index contributed by atoms with van der Waals surface area (Å²) in [6, 6.07) is 5.37. The second kappa shape index (κ2) is 3.32. The molecular formula is C8H9NO. The molecule has 0 saturated heterocycles. The van der Waals surface area contributed by atoms with Crippen LogP contribution in [0.15, 0.2) is 24.4 Å². The first-order chi connectivity index (χ1) is 4.84. The van der Waals surface area contributed by atoms with Gasteiger partial charge in [0, 0.05) is 6.20 Å². The third kappa shape index (κ3) is 1.54. The minimum Gasteiger partial charge on any atom is -0.387 e. The molecule has 0 spiro atoms. The summed E-state index contributed by atoms with van der Waals surface area (Å²) < 4.78 is 0.